The van der Waals surface area contributed by atoms with Gasteiger partial charge in [0.1, 0.15) is 0 Å². The molecular formula is C19H26N4O2S. The fourth-order valence-electron chi connectivity index (χ4n) is 3.39. The fraction of sp³-hybridized carbons (Fsp3) is 0.474. The van der Waals surface area contributed by atoms with E-state index in [2.05, 4.69) is 16.4 Å². The Morgan fingerprint density at radius 2 is 2.08 bits per heavy atom. The largest absolute Gasteiger partial charge is 0.385 e. The lowest BCUT2D eigenvalue weighted by Crippen LogP contribution is -2.49. The molecule has 0 atom stereocenters. The van der Waals surface area contributed by atoms with Crippen molar-refractivity contribution in [3.8, 4) is 0 Å². The predicted molar refractivity (Wildman–Crippen MR) is 107 cm³/mol. The number of H-pyrrole nitrogens is 1. The average Bonchev–Trinajstić information content (AvgIpc) is 3.24. The second-order valence-corrected chi connectivity index (χ2v) is 6.91. The highest BCUT2D eigenvalue weighted by molar-refractivity contribution is 7.80. The van der Waals surface area contributed by atoms with Gasteiger partial charge in [0.2, 0.25) is 5.91 Å². The maximum atomic E-state index is 13.0. The summed E-state index contributed by atoms with van der Waals surface area (Å²) >= 11 is 5.48. The number of amides is 1. The van der Waals surface area contributed by atoms with Crippen LogP contribution in [0.4, 0.5) is 0 Å². The summed E-state index contributed by atoms with van der Waals surface area (Å²) in [6.45, 7) is 4.94. The molecule has 1 saturated heterocycles. The number of methoxy groups -OCH3 is 1. The average molecular weight is 375 g/mol. The third-order valence-corrected chi connectivity index (χ3v) is 5.07. The number of carbonyl (C=O) groups excluding carboxylic acids is 1. The molecule has 2 N–H and O–H groups in total. The normalized spacial score (nSPS) is 14.2. The molecule has 3 rings (SSSR count). The summed E-state index contributed by atoms with van der Waals surface area (Å²) in [5.74, 6) is 0.0800. The van der Waals surface area contributed by atoms with Crippen molar-refractivity contribution < 1.29 is 9.53 Å². The number of aryl methyl sites for hydroxylation is 1. The first-order valence-corrected chi connectivity index (χ1v) is 9.43. The number of fused-ring (bicyclic) bond motifs is 1. The Morgan fingerprint density at radius 3 is 2.88 bits per heavy atom. The number of aromatic nitrogens is 1. The molecule has 26 heavy (non-hydrogen) atoms. The van der Waals surface area contributed by atoms with Crippen molar-refractivity contribution >= 4 is 34.1 Å². The third-order valence-electron chi connectivity index (χ3n) is 4.71. The van der Waals surface area contributed by atoms with E-state index in [0.29, 0.717) is 24.7 Å². The van der Waals surface area contributed by atoms with Gasteiger partial charge in [-0.05, 0) is 43.6 Å². The lowest BCUT2D eigenvalue weighted by atomic mass is 10.1. The molecule has 1 aliphatic heterocycles. The lowest BCUT2D eigenvalue weighted by molar-refractivity contribution is -0.138. The number of carbonyl (C=O) groups is 1. The van der Waals surface area contributed by atoms with Crippen molar-refractivity contribution in [1.29, 1.82) is 0 Å². The zero-order valence-electron chi connectivity index (χ0n) is 15.4. The highest BCUT2D eigenvalue weighted by Crippen LogP contribution is 2.23. The highest BCUT2D eigenvalue weighted by Gasteiger charge is 2.29. The van der Waals surface area contributed by atoms with Gasteiger partial charge >= 0.3 is 0 Å². The number of rotatable bonds is 6. The molecule has 1 aromatic heterocycles. The summed E-state index contributed by atoms with van der Waals surface area (Å²) in [5.41, 5.74) is 3.18. The Hall–Kier alpha value is -2.12. The Balaban J connectivity index is 1.66. The van der Waals surface area contributed by atoms with E-state index in [9.17, 15) is 4.79 Å². The van der Waals surface area contributed by atoms with Crippen LogP contribution < -0.4 is 5.32 Å². The van der Waals surface area contributed by atoms with Gasteiger partial charge in [0.25, 0.3) is 0 Å². The number of hydrogen-bond acceptors (Lipinski definition) is 3. The summed E-state index contributed by atoms with van der Waals surface area (Å²) in [5, 5.41) is 8.63. The van der Waals surface area contributed by atoms with Gasteiger partial charge in [-0.1, -0.05) is 18.2 Å². The van der Waals surface area contributed by atoms with E-state index in [4.69, 9.17) is 17.0 Å². The minimum atomic E-state index is 0.0800. The van der Waals surface area contributed by atoms with Gasteiger partial charge in [0.05, 0.1) is 6.42 Å². The first-order valence-electron chi connectivity index (χ1n) is 9.02. The van der Waals surface area contributed by atoms with E-state index in [1.807, 2.05) is 30.1 Å². The molecule has 2 aromatic rings. The first kappa shape index (κ1) is 18.7. The Labute approximate surface area is 159 Å². The molecule has 0 bridgehead atoms. The van der Waals surface area contributed by atoms with E-state index < -0.39 is 0 Å². The topological polar surface area (TPSA) is 60.6 Å². The van der Waals surface area contributed by atoms with Crippen LogP contribution in [0, 0.1) is 6.92 Å². The SMILES string of the molecule is COCCCNC(=S)N1CCCN1C(=O)Cc1c(C)[nH]c2ccccc12. The van der Waals surface area contributed by atoms with Crippen molar-refractivity contribution in [3.63, 3.8) is 0 Å². The molecule has 1 amide bonds. The van der Waals surface area contributed by atoms with Crippen LogP contribution in [0.2, 0.25) is 0 Å². The van der Waals surface area contributed by atoms with E-state index in [0.717, 1.165) is 48.1 Å². The predicted octanol–water partition coefficient (Wildman–Crippen LogP) is 2.38. The second kappa shape index (κ2) is 8.51. The summed E-state index contributed by atoms with van der Waals surface area (Å²) in [7, 11) is 1.69. The number of thiocarbonyl (C=S) groups is 1. The molecule has 0 aliphatic carbocycles. The lowest BCUT2D eigenvalue weighted by Gasteiger charge is -2.30. The molecule has 7 heteroatoms. The van der Waals surface area contributed by atoms with Gasteiger partial charge in [0.15, 0.2) is 5.11 Å². The maximum absolute atomic E-state index is 13.0. The van der Waals surface area contributed by atoms with Crippen molar-refractivity contribution in [2.75, 3.05) is 33.4 Å². The van der Waals surface area contributed by atoms with Gasteiger partial charge in [-0.15, -0.1) is 0 Å². The van der Waals surface area contributed by atoms with E-state index >= 15 is 0 Å². The summed E-state index contributed by atoms with van der Waals surface area (Å²) < 4.78 is 5.05. The van der Waals surface area contributed by atoms with Crippen molar-refractivity contribution in [2.24, 2.45) is 0 Å². The number of hydrogen-bond donors (Lipinski definition) is 2. The minimum absolute atomic E-state index is 0.0800. The van der Waals surface area contributed by atoms with Gasteiger partial charge < -0.3 is 15.0 Å². The van der Waals surface area contributed by atoms with Gasteiger partial charge in [-0.25, -0.2) is 0 Å². The third kappa shape index (κ3) is 3.99. The van der Waals surface area contributed by atoms with Crippen LogP contribution in [0.3, 0.4) is 0 Å². The number of nitrogens with one attached hydrogen (secondary N) is 2. The zero-order chi connectivity index (χ0) is 18.5. The van der Waals surface area contributed by atoms with Crippen molar-refractivity contribution in [1.82, 2.24) is 20.3 Å². The Bertz CT molecular complexity index is 789. The van der Waals surface area contributed by atoms with E-state index in [1.54, 1.807) is 12.1 Å². The Kier molecular flexibility index (Phi) is 6.11. The van der Waals surface area contributed by atoms with E-state index in [1.165, 1.54) is 0 Å². The second-order valence-electron chi connectivity index (χ2n) is 6.52. The molecule has 2 heterocycles. The smallest absolute Gasteiger partial charge is 0.245 e. The standard InChI is InChI=1S/C19H26N4O2S/c1-14-16(15-7-3-4-8-17(15)21-14)13-18(24)22-10-6-11-23(22)19(26)20-9-5-12-25-2/h3-4,7-8,21H,5-6,9-13H2,1-2H3,(H,20,26). The molecule has 140 valence electrons. The molecule has 0 spiro atoms. The quantitative estimate of drug-likeness (QED) is 0.601. The maximum Gasteiger partial charge on any atom is 0.245 e. The van der Waals surface area contributed by atoms with Gasteiger partial charge in [-0.2, -0.15) is 0 Å². The first-order chi connectivity index (χ1) is 12.6. The number of nitrogens with zero attached hydrogens (tertiary/aromatic N) is 2. The zero-order valence-corrected chi connectivity index (χ0v) is 16.2. The van der Waals surface area contributed by atoms with Crippen LogP contribution in [0.5, 0.6) is 0 Å². The molecule has 0 saturated carbocycles. The molecule has 1 aliphatic rings. The van der Waals surface area contributed by atoms with Crippen LogP contribution in [-0.4, -0.2) is 59.4 Å². The van der Waals surface area contributed by atoms with Crippen molar-refractivity contribution in [2.45, 2.75) is 26.2 Å². The number of benzene rings is 1. The molecule has 0 radical (unpaired) electrons. The van der Waals surface area contributed by atoms with Crippen LogP contribution >= 0.6 is 12.2 Å². The van der Waals surface area contributed by atoms with Crippen molar-refractivity contribution in [3.05, 3.63) is 35.5 Å². The fourth-order valence-corrected chi connectivity index (χ4v) is 3.68. The van der Waals surface area contributed by atoms with Crippen LogP contribution in [0.15, 0.2) is 24.3 Å². The monoisotopic (exact) mass is 374 g/mol. The summed E-state index contributed by atoms with van der Waals surface area (Å²) in [6.07, 6.45) is 2.18. The summed E-state index contributed by atoms with van der Waals surface area (Å²) in [6, 6.07) is 8.10. The summed E-state index contributed by atoms with van der Waals surface area (Å²) in [4.78, 5) is 16.3. The molecular weight excluding hydrogens is 348 g/mol. The van der Waals surface area contributed by atoms with Crippen LogP contribution in [0.1, 0.15) is 24.1 Å². The Morgan fingerprint density at radius 1 is 1.31 bits per heavy atom. The van der Waals surface area contributed by atoms with Crippen LogP contribution in [-0.2, 0) is 16.0 Å². The number of ether oxygens (including phenoxy) is 1. The van der Waals surface area contributed by atoms with Gasteiger partial charge in [-0.3, -0.25) is 14.8 Å². The molecule has 1 fully saturated rings. The van der Waals surface area contributed by atoms with Crippen LogP contribution in [0.25, 0.3) is 10.9 Å². The number of para-hydroxylation sites is 1. The van der Waals surface area contributed by atoms with E-state index in [-0.39, 0.29) is 5.91 Å². The molecule has 6 nitrogen and oxygen atoms in total. The number of hydrazine groups is 1. The highest BCUT2D eigenvalue weighted by atomic mass is 32.1. The number of aromatic amines is 1. The minimum Gasteiger partial charge on any atom is -0.385 e. The molecule has 1 aromatic carbocycles. The molecule has 0 unspecified atom stereocenters. The van der Waals surface area contributed by atoms with Gasteiger partial charge in [0, 0.05) is 49.9 Å².